The van der Waals surface area contributed by atoms with Crippen molar-refractivity contribution in [2.24, 2.45) is 0 Å². The molecule has 0 spiro atoms. The van der Waals surface area contributed by atoms with E-state index in [0.717, 1.165) is 26.8 Å². The van der Waals surface area contributed by atoms with Gasteiger partial charge in [0, 0.05) is 0 Å². The normalized spacial score (nSPS) is 10.5. The number of hydrogen-bond acceptors (Lipinski definition) is 7. The summed E-state index contributed by atoms with van der Waals surface area (Å²) in [6.45, 7) is 3.55. The fourth-order valence-electron chi connectivity index (χ4n) is 2.25. The summed E-state index contributed by atoms with van der Waals surface area (Å²) in [6, 6.07) is 9.63. The number of aryl methyl sites for hydroxylation is 2. The van der Waals surface area contributed by atoms with Crippen LogP contribution in [0.25, 0.3) is 10.4 Å². The van der Waals surface area contributed by atoms with Gasteiger partial charge in [-0.05, 0) is 19.4 Å². The van der Waals surface area contributed by atoms with Crippen molar-refractivity contribution in [3.05, 3.63) is 51.6 Å². The molecule has 8 heteroatoms. The molecule has 0 saturated carbocycles. The average Bonchev–Trinajstić information content (AvgIpc) is 3.17. The molecule has 0 aliphatic rings. The van der Waals surface area contributed by atoms with E-state index < -0.39 is 5.97 Å². The fraction of sp³-hybridized carbons (Fsp3) is 0.176. The molecule has 0 saturated heterocycles. The first-order chi connectivity index (χ1) is 12.0. The Kier molecular flexibility index (Phi) is 4.91. The summed E-state index contributed by atoms with van der Waals surface area (Å²) in [7, 11) is 1.31. The zero-order valence-corrected chi connectivity index (χ0v) is 15.5. The summed E-state index contributed by atoms with van der Waals surface area (Å²) in [6.07, 6.45) is 0. The summed E-state index contributed by atoms with van der Waals surface area (Å²) in [5, 5.41) is 3.87. The van der Waals surface area contributed by atoms with Crippen LogP contribution in [0.15, 0.2) is 30.3 Å². The summed E-state index contributed by atoms with van der Waals surface area (Å²) >= 11 is 2.54. The molecule has 0 aliphatic carbocycles. The van der Waals surface area contributed by atoms with Crippen molar-refractivity contribution in [2.75, 3.05) is 12.4 Å². The minimum atomic E-state index is -0.468. The molecule has 1 amide bonds. The van der Waals surface area contributed by atoms with Crippen molar-refractivity contribution in [1.82, 2.24) is 9.97 Å². The predicted octanol–water partition coefficient (Wildman–Crippen LogP) is 3.92. The number of carbonyl (C=O) groups excluding carboxylic acids is 2. The van der Waals surface area contributed by atoms with Gasteiger partial charge < -0.3 is 4.74 Å². The van der Waals surface area contributed by atoms with Crippen LogP contribution >= 0.6 is 22.7 Å². The highest BCUT2D eigenvalue weighted by Crippen LogP contribution is 2.31. The molecule has 0 bridgehead atoms. The maximum absolute atomic E-state index is 12.7. The van der Waals surface area contributed by atoms with Gasteiger partial charge in [-0.3, -0.25) is 10.1 Å². The van der Waals surface area contributed by atoms with Crippen LogP contribution in [0.1, 0.15) is 30.9 Å². The van der Waals surface area contributed by atoms with Crippen LogP contribution in [0.2, 0.25) is 0 Å². The third-order valence-electron chi connectivity index (χ3n) is 3.37. The third kappa shape index (κ3) is 3.59. The average molecular weight is 373 g/mol. The molecule has 3 rings (SSSR count). The topological polar surface area (TPSA) is 81.2 Å². The number of amides is 1. The molecule has 3 aromatic rings. The molecule has 2 aromatic heterocycles. The number of ether oxygens (including phenoxy) is 1. The molecule has 1 N–H and O–H groups in total. The van der Waals surface area contributed by atoms with E-state index in [1.54, 1.807) is 6.92 Å². The Hall–Kier alpha value is -2.58. The van der Waals surface area contributed by atoms with E-state index in [-0.39, 0.29) is 5.91 Å². The van der Waals surface area contributed by atoms with Crippen LogP contribution in [0.4, 0.5) is 5.13 Å². The van der Waals surface area contributed by atoms with Crippen LogP contribution in [-0.2, 0) is 4.74 Å². The molecular weight excluding hydrogens is 358 g/mol. The summed E-state index contributed by atoms with van der Waals surface area (Å²) in [5.74, 6) is -0.821. The van der Waals surface area contributed by atoms with Crippen molar-refractivity contribution >= 4 is 39.7 Å². The number of aromatic nitrogens is 2. The number of methoxy groups -OCH3 is 1. The van der Waals surface area contributed by atoms with Crippen molar-refractivity contribution in [3.8, 4) is 10.4 Å². The molecular formula is C17H15N3O3S2. The zero-order chi connectivity index (χ0) is 18.0. The Bertz CT molecular complexity index is 932. The first kappa shape index (κ1) is 17.2. The number of hydrogen-bond donors (Lipinski definition) is 1. The minimum Gasteiger partial charge on any atom is -0.465 e. The second-order valence-electron chi connectivity index (χ2n) is 5.16. The lowest BCUT2D eigenvalue weighted by molar-refractivity contribution is 0.0605. The SMILES string of the molecule is COC(=O)c1sc(NC(=O)c2nc(C)sc2-c2ccccc2)nc1C. The maximum Gasteiger partial charge on any atom is 0.350 e. The van der Waals surface area contributed by atoms with Gasteiger partial charge >= 0.3 is 5.97 Å². The lowest BCUT2D eigenvalue weighted by Crippen LogP contribution is -2.13. The van der Waals surface area contributed by atoms with Gasteiger partial charge in [-0.25, -0.2) is 14.8 Å². The van der Waals surface area contributed by atoms with Gasteiger partial charge in [0.25, 0.3) is 5.91 Å². The van der Waals surface area contributed by atoms with Crippen molar-refractivity contribution < 1.29 is 14.3 Å². The van der Waals surface area contributed by atoms with E-state index in [1.165, 1.54) is 18.4 Å². The molecule has 0 atom stereocenters. The van der Waals surface area contributed by atoms with Crippen LogP contribution in [0, 0.1) is 13.8 Å². The maximum atomic E-state index is 12.7. The Morgan fingerprint density at radius 3 is 2.48 bits per heavy atom. The Morgan fingerprint density at radius 1 is 1.08 bits per heavy atom. The Balaban J connectivity index is 1.89. The molecule has 0 unspecified atom stereocenters. The van der Waals surface area contributed by atoms with Gasteiger partial charge in [0.1, 0.15) is 10.6 Å². The van der Waals surface area contributed by atoms with Crippen molar-refractivity contribution in [2.45, 2.75) is 13.8 Å². The van der Waals surface area contributed by atoms with E-state index in [9.17, 15) is 9.59 Å². The highest BCUT2D eigenvalue weighted by atomic mass is 32.1. The zero-order valence-electron chi connectivity index (χ0n) is 13.8. The number of nitrogens with zero attached hydrogens (tertiary/aromatic N) is 2. The lowest BCUT2D eigenvalue weighted by Gasteiger charge is -2.02. The standard InChI is InChI=1S/C17H15N3O3S2/c1-9-13(16(22)23-3)25-17(18-9)20-15(21)12-14(24-10(2)19-12)11-7-5-4-6-8-11/h4-8H,1-3H3,(H,18,20,21). The van der Waals surface area contributed by atoms with Gasteiger partial charge in [-0.1, -0.05) is 41.7 Å². The molecule has 128 valence electrons. The fourth-order valence-corrected chi connectivity index (χ4v) is 4.06. The number of benzene rings is 1. The quantitative estimate of drug-likeness (QED) is 0.701. The van der Waals surface area contributed by atoms with Gasteiger partial charge in [-0.15, -0.1) is 11.3 Å². The minimum absolute atomic E-state index is 0.340. The molecule has 6 nitrogen and oxygen atoms in total. The van der Waals surface area contributed by atoms with Gasteiger partial charge in [-0.2, -0.15) is 0 Å². The van der Waals surface area contributed by atoms with Crippen molar-refractivity contribution in [3.63, 3.8) is 0 Å². The molecule has 0 radical (unpaired) electrons. The molecule has 25 heavy (non-hydrogen) atoms. The van der Waals surface area contributed by atoms with E-state index in [2.05, 4.69) is 15.3 Å². The summed E-state index contributed by atoms with van der Waals surface area (Å²) in [5.41, 5.74) is 1.80. The lowest BCUT2D eigenvalue weighted by atomic mass is 10.1. The third-order valence-corrected chi connectivity index (χ3v) is 5.45. The summed E-state index contributed by atoms with van der Waals surface area (Å²) < 4.78 is 4.71. The second-order valence-corrected chi connectivity index (χ2v) is 7.36. The molecule has 2 heterocycles. The van der Waals surface area contributed by atoms with Crippen LogP contribution in [-0.4, -0.2) is 29.0 Å². The molecule has 0 fully saturated rings. The largest absolute Gasteiger partial charge is 0.465 e. The Morgan fingerprint density at radius 2 is 1.80 bits per heavy atom. The number of rotatable bonds is 4. The predicted molar refractivity (Wildman–Crippen MR) is 98.4 cm³/mol. The number of thiazole rings is 2. The van der Waals surface area contributed by atoms with E-state index in [1.807, 2.05) is 37.3 Å². The smallest absolute Gasteiger partial charge is 0.350 e. The van der Waals surface area contributed by atoms with Gasteiger partial charge in [0.15, 0.2) is 5.13 Å². The van der Waals surface area contributed by atoms with Gasteiger partial charge in [0.2, 0.25) is 0 Å². The van der Waals surface area contributed by atoms with Crippen LogP contribution in [0.5, 0.6) is 0 Å². The first-order valence-corrected chi connectivity index (χ1v) is 9.03. The highest BCUT2D eigenvalue weighted by Gasteiger charge is 2.21. The molecule has 1 aromatic carbocycles. The number of esters is 1. The van der Waals surface area contributed by atoms with Gasteiger partial charge in [0.05, 0.1) is 22.7 Å². The number of carbonyl (C=O) groups is 2. The summed E-state index contributed by atoms with van der Waals surface area (Å²) in [4.78, 5) is 34.1. The number of anilines is 1. The van der Waals surface area contributed by atoms with E-state index in [4.69, 9.17) is 4.74 Å². The van der Waals surface area contributed by atoms with E-state index in [0.29, 0.717) is 21.4 Å². The van der Waals surface area contributed by atoms with Crippen LogP contribution in [0.3, 0.4) is 0 Å². The Labute approximate surface area is 152 Å². The molecule has 0 aliphatic heterocycles. The second kappa shape index (κ2) is 7.12. The first-order valence-electron chi connectivity index (χ1n) is 7.39. The van der Waals surface area contributed by atoms with Crippen molar-refractivity contribution in [1.29, 1.82) is 0 Å². The number of nitrogens with one attached hydrogen (secondary N) is 1. The highest BCUT2D eigenvalue weighted by molar-refractivity contribution is 7.17. The monoisotopic (exact) mass is 373 g/mol. The van der Waals surface area contributed by atoms with Crippen LogP contribution < -0.4 is 5.32 Å². The van der Waals surface area contributed by atoms with E-state index >= 15 is 0 Å².